The van der Waals surface area contributed by atoms with E-state index in [1.54, 1.807) is 13.8 Å². The van der Waals surface area contributed by atoms with E-state index in [2.05, 4.69) is 5.32 Å². The largest absolute Gasteiger partial charge is 0.377 e. The molecule has 0 aromatic carbocycles. The summed E-state index contributed by atoms with van der Waals surface area (Å²) in [5, 5.41) is 3.11. The van der Waals surface area contributed by atoms with Gasteiger partial charge in [-0.25, -0.2) is 8.42 Å². The Hall–Kier alpha value is -0.130. The molecule has 0 rings (SSSR count). The van der Waals surface area contributed by atoms with Crippen molar-refractivity contribution in [2.75, 3.05) is 26.0 Å². The third kappa shape index (κ3) is 5.49. The van der Waals surface area contributed by atoms with Crippen LogP contribution in [-0.4, -0.2) is 45.2 Å². The Bertz CT molecular complexity index is 272. The van der Waals surface area contributed by atoms with Gasteiger partial charge in [-0.2, -0.15) is 0 Å². The molecule has 92 valence electrons. The molecule has 0 saturated heterocycles. The molecular formula is C10H23NO3S. The molecule has 0 fully saturated rings. The van der Waals surface area contributed by atoms with Gasteiger partial charge in [-0.05, 0) is 27.7 Å². The zero-order valence-electron chi connectivity index (χ0n) is 10.3. The summed E-state index contributed by atoms with van der Waals surface area (Å²) < 4.78 is 27.4. The highest BCUT2D eigenvalue weighted by Gasteiger charge is 2.29. The zero-order valence-corrected chi connectivity index (χ0v) is 11.1. The van der Waals surface area contributed by atoms with E-state index in [0.717, 1.165) is 0 Å². The lowest BCUT2D eigenvalue weighted by atomic mass is 10.2. The van der Waals surface area contributed by atoms with E-state index < -0.39 is 14.6 Å². The van der Waals surface area contributed by atoms with Crippen LogP contribution < -0.4 is 5.32 Å². The van der Waals surface area contributed by atoms with Crippen molar-refractivity contribution in [2.45, 2.75) is 38.5 Å². The molecule has 0 aliphatic carbocycles. The van der Waals surface area contributed by atoms with E-state index in [1.165, 1.54) is 6.26 Å². The first-order chi connectivity index (χ1) is 6.70. The predicted octanol–water partition coefficient (Wildman–Crippen LogP) is 0.824. The normalized spacial score (nSPS) is 15.3. The highest BCUT2D eigenvalue weighted by molar-refractivity contribution is 7.92. The molecule has 0 aromatic rings. The van der Waals surface area contributed by atoms with Crippen LogP contribution in [0.3, 0.4) is 0 Å². The molecule has 0 saturated carbocycles. The Balaban J connectivity index is 3.96. The fraction of sp³-hybridized carbons (Fsp3) is 1.00. The Kier molecular flexibility index (Phi) is 5.77. The number of nitrogens with one attached hydrogen (secondary N) is 1. The first kappa shape index (κ1) is 14.9. The standard InChI is InChI=1S/C10H23NO3S/c1-6-14-9(2)7-11-8-10(3,4)15(5,12)13/h9,11H,6-8H2,1-5H3. The second-order valence-corrected chi connectivity index (χ2v) is 7.08. The smallest absolute Gasteiger partial charge is 0.153 e. The summed E-state index contributed by atoms with van der Waals surface area (Å²) in [4.78, 5) is 0. The lowest BCUT2D eigenvalue weighted by Gasteiger charge is -2.24. The number of rotatable bonds is 7. The van der Waals surface area contributed by atoms with Crippen LogP contribution in [0.2, 0.25) is 0 Å². The van der Waals surface area contributed by atoms with E-state index >= 15 is 0 Å². The van der Waals surface area contributed by atoms with Crippen LogP contribution in [0.4, 0.5) is 0 Å². The van der Waals surface area contributed by atoms with E-state index in [4.69, 9.17) is 4.74 Å². The van der Waals surface area contributed by atoms with Crippen molar-refractivity contribution in [3.05, 3.63) is 0 Å². The zero-order chi connectivity index (χ0) is 12.1. The molecule has 0 bridgehead atoms. The van der Waals surface area contributed by atoms with Gasteiger partial charge in [0.05, 0.1) is 10.9 Å². The van der Waals surface area contributed by atoms with Crippen LogP contribution in [0.5, 0.6) is 0 Å². The molecule has 15 heavy (non-hydrogen) atoms. The number of sulfone groups is 1. The van der Waals surface area contributed by atoms with Gasteiger partial charge in [0.15, 0.2) is 9.84 Å². The first-order valence-electron chi connectivity index (χ1n) is 5.22. The highest BCUT2D eigenvalue weighted by Crippen LogP contribution is 2.13. The van der Waals surface area contributed by atoms with Crippen molar-refractivity contribution in [2.24, 2.45) is 0 Å². The molecule has 1 N–H and O–H groups in total. The lowest BCUT2D eigenvalue weighted by Crippen LogP contribution is -2.43. The van der Waals surface area contributed by atoms with Gasteiger partial charge in [-0.15, -0.1) is 0 Å². The molecular weight excluding hydrogens is 214 g/mol. The van der Waals surface area contributed by atoms with Crippen molar-refractivity contribution in [3.8, 4) is 0 Å². The summed E-state index contributed by atoms with van der Waals surface area (Å²) >= 11 is 0. The maximum Gasteiger partial charge on any atom is 0.153 e. The molecule has 5 heteroatoms. The molecule has 0 aliphatic heterocycles. The summed E-state index contributed by atoms with van der Waals surface area (Å²) in [6.07, 6.45) is 1.38. The van der Waals surface area contributed by atoms with Gasteiger partial charge >= 0.3 is 0 Å². The van der Waals surface area contributed by atoms with Crippen LogP contribution in [0.15, 0.2) is 0 Å². The van der Waals surface area contributed by atoms with E-state index in [-0.39, 0.29) is 6.10 Å². The molecule has 4 nitrogen and oxygen atoms in total. The number of hydrogen-bond acceptors (Lipinski definition) is 4. The molecule has 0 heterocycles. The molecule has 0 amide bonds. The average Bonchev–Trinajstić information content (AvgIpc) is 2.01. The van der Waals surface area contributed by atoms with Crippen molar-refractivity contribution in [3.63, 3.8) is 0 Å². The fourth-order valence-corrected chi connectivity index (χ4v) is 1.42. The Morgan fingerprint density at radius 3 is 2.33 bits per heavy atom. The van der Waals surface area contributed by atoms with Gasteiger partial charge < -0.3 is 10.1 Å². The number of ether oxygens (including phenoxy) is 1. The van der Waals surface area contributed by atoms with Crippen LogP contribution >= 0.6 is 0 Å². The topological polar surface area (TPSA) is 55.4 Å². The van der Waals surface area contributed by atoms with E-state index in [1.807, 2.05) is 13.8 Å². The van der Waals surface area contributed by atoms with Crippen molar-refractivity contribution >= 4 is 9.84 Å². The summed E-state index contributed by atoms with van der Waals surface area (Å²) in [6, 6.07) is 0. The summed E-state index contributed by atoms with van der Waals surface area (Å²) in [5.41, 5.74) is 0. The lowest BCUT2D eigenvalue weighted by molar-refractivity contribution is 0.0759. The summed E-state index contributed by atoms with van der Waals surface area (Å²) in [6.45, 7) is 9.15. The predicted molar refractivity (Wildman–Crippen MR) is 62.9 cm³/mol. The van der Waals surface area contributed by atoms with Gasteiger partial charge in [-0.3, -0.25) is 0 Å². The van der Waals surface area contributed by atoms with E-state index in [0.29, 0.717) is 19.7 Å². The number of hydrogen-bond donors (Lipinski definition) is 1. The van der Waals surface area contributed by atoms with Crippen molar-refractivity contribution in [1.82, 2.24) is 5.32 Å². The van der Waals surface area contributed by atoms with Crippen molar-refractivity contribution < 1.29 is 13.2 Å². The van der Waals surface area contributed by atoms with Crippen LogP contribution in [0, 0.1) is 0 Å². The van der Waals surface area contributed by atoms with E-state index in [9.17, 15) is 8.42 Å². The molecule has 1 unspecified atom stereocenters. The molecule has 0 radical (unpaired) electrons. The fourth-order valence-electron chi connectivity index (χ4n) is 1.05. The maximum absolute atomic E-state index is 11.4. The maximum atomic E-state index is 11.4. The molecule has 1 atom stereocenters. The van der Waals surface area contributed by atoms with Crippen LogP contribution in [0.1, 0.15) is 27.7 Å². The van der Waals surface area contributed by atoms with Crippen LogP contribution in [-0.2, 0) is 14.6 Å². The quantitative estimate of drug-likeness (QED) is 0.712. The first-order valence-corrected chi connectivity index (χ1v) is 7.11. The van der Waals surface area contributed by atoms with Gasteiger partial charge in [0.25, 0.3) is 0 Å². The minimum Gasteiger partial charge on any atom is -0.377 e. The second kappa shape index (κ2) is 5.82. The Morgan fingerprint density at radius 1 is 1.40 bits per heavy atom. The molecule has 0 spiro atoms. The Labute approximate surface area is 93.3 Å². The Morgan fingerprint density at radius 2 is 1.93 bits per heavy atom. The SMILES string of the molecule is CCOC(C)CNCC(C)(C)S(C)(=O)=O. The minimum absolute atomic E-state index is 0.116. The average molecular weight is 237 g/mol. The monoisotopic (exact) mass is 237 g/mol. The second-order valence-electron chi connectivity index (χ2n) is 4.43. The van der Waals surface area contributed by atoms with Gasteiger partial charge in [0, 0.05) is 26.0 Å². The molecule has 0 aromatic heterocycles. The summed E-state index contributed by atoms with van der Waals surface area (Å²) in [5.74, 6) is 0. The van der Waals surface area contributed by atoms with Crippen LogP contribution in [0.25, 0.3) is 0 Å². The third-order valence-electron chi connectivity index (χ3n) is 2.44. The highest BCUT2D eigenvalue weighted by atomic mass is 32.2. The minimum atomic E-state index is -3.02. The van der Waals surface area contributed by atoms with Crippen molar-refractivity contribution in [1.29, 1.82) is 0 Å². The van der Waals surface area contributed by atoms with Gasteiger partial charge in [-0.1, -0.05) is 0 Å². The molecule has 0 aliphatic rings. The third-order valence-corrected chi connectivity index (χ3v) is 4.59. The van der Waals surface area contributed by atoms with Gasteiger partial charge in [0.2, 0.25) is 0 Å². The summed E-state index contributed by atoms with van der Waals surface area (Å²) in [7, 11) is -3.02. The van der Waals surface area contributed by atoms with Gasteiger partial charge in [0.1, 0.15) is 0 Å².